The topological polar surface area (TPSA) is 86.0 Å². The van der Waals surface area contributed by atoms with Gasteiger partial charge in [0.05, 0.1) is 5.52 Å². The third-order valence-corrected chi connectivity index (χ3v) is 5.14. The lowest BCUT2D eigenvalue weighted by Crippen LogP contribution is -2.42. The molecule has 2 heterocycles. The lowest BCUT2D eigenvalue weighted by atomic mass is 10.1. The van der Waals surface area contributed by atoms with E-state index >= 15 is 0 Å². The van der Waals surface area contributed by atoms with Crippen LogP contribution in [0, 0.1) is 6.92 Å². The first-order valence-corrected chi connectivity index (χ1v) is 9.66. The molecule has 0 bridgehead atoms. The Morgan fingerprint density at radius 2 is 2.04 bits per heavy atom. The van der Waals surface area contributed by atoms with Crippen molar-refractivity contribution in [1.82, 2.24) is 13.5 Å². The molecule has 3 rings (SSSR count). The van der Waals surface area contributed by atoms with Gasteiger partial charge in [-0.3, -0.25) is 18.7 Å². The van der Waals surface area contributed by atoms with E-state index in [0.29, 0.717) is 5.52 Å². The van der Waals surface area contributed by atoms with Gasteiger partial charge in [-0.2, -0.15) is 4.37 Å². The van der Waals surface area contributed by atoms with Crippen LogP contribution in [0.4, 0.5) is 5.69 Å². The molecular formula is C19H22N4O3S. The number of hydrogen-bond acceptors (Lipinski definition) is 5. The molecule has 1 amide bonds. The van der Waals surface area contributed by atoms with Crippen LogP contribution in [0.5, 0.6) is 0 Å². The predicted octanol–water partition coefficient (Wildman–Crippen LogP) is 2.71. The molecule has 0 saturated heterocycles. The molecule has 0 aliphatic heterocycles. The minimum absolute atomic E-state index is 0.182. The second-order valence-corrected chi connectivity index (χ2v) is 7.33. The van der Waals surface area contributed by atoms with Gasteiger partial charge < -0.3 is 5.32 Å². The Labute approximate surface area is 160 Å². The van der Waals surface area contributed by atoms with Gasteiger partial charge in [0.1, 0.15) is 6.54 Å². The highest BCUT2D eigenvalue weighted by Crippen LogP contribution is 2.21. The summed E-state index contributed by atoms with van der Waals surface area (Å²) in [5.74, 6) is -0.317. The molecule has 0 unspecified atom stereocenters. The van der Waals surface area contributed by atoms with Crippen LogP contribution in [-0.4, -0.2) is 19.4 Å². The van der Waals surface area contributed by atoms with E-state index in [-0.39, 0.29) is 24.0 Å². The number of fused-ring (bicyclic) bond motifs is 1. The first-order chi connectivity index (χ1) is 12.8. The molecule has 0 spiro atoms. The summed E-state index contributed by atoms with van der Waals surface area (Å²) in [4.78, 5) is 38.1. The number of carbonyl (C=O) groups excluding carboxylic acids is 1. The van der Waals surface area contributed by atoms with E-state index < -0.39 is 11.2 Å². The third kappa shape index (κ3) is 3.44. The largest absolute Gasteiger partial charge is 0.332 e. The smallest absolute Gasteiger partial charge is 0.324 e. The van der Waals surface area contributed by atoms with Crippen molar-refractivity contribution in [3.8, 4) is 0 Å². The number of nitrogens with one attached hydrogen (secondary N) is 1. The molecule has 0 saturated carbocycles. The number of nitrogens with zero attached hydrogens (tertiary/aromatic N) is 3. The number of benzene rings is 1. The molecule has 1 N–H and O–H groups in total. The number of amides is 1. The first kappa shape index (κ1) is 19.0. The second-order valence-electron chi connectivity index (χ2n) is 6.70. The lowest BCUT2D eigenvalue weighted by molar-refractivity contribution is -0.116. The fraction of sp³-hybridized carbons (Fsp3) is 0.368. The fourth-order valence-corrected chi connectivity index (χ4v) is 3.81. The summed E-state index contributed by atoms with van der Waals surface area (Å²) in [5, 5.41) is 4.55. The maximum absolute atomic E-state index is 12.8. The highest BCUT2D eigenvalue weighted by Gasteiger charge is 2.19. The van der Waals surface area contributed by atoms with Crippen LogP contribution >= 0.6 is 11.5 Å². The number of rotatable bonds is 5. The average molecular weight is 386 g/mol. The van der Waals surface area contributed by atoms with E-state index in [2.05, 4.69) is 9.69 Å². The standard InChI is InChI=1S/C19H22N4O3S/c1-5-13-8-6-7-12(4)16(13)20-15(24)9-22-14-10-27-21-17(14)18(25)23(11(2)3)19(22)26/h6-8,10-11H,5,9H2,1-4H3,(H,20,24). The summed E-state index contributed by atoms with van der Waals surface area (Å²) in [7, 11) is 0. The van der Waals surface area contributed by atoms with Gasteiger partial charge in [-0.05, 0) is 49.9 Å². The molecule has 0 aliphatic rings. The molecule has 8 heteroatoms. The van der Waals surface area contributed by atoms with Crippen molar-refractivity contribution in [3.05, 3.63) is 55.5 Å². The zero-order valence-corrected chi connectivity index (χ0v) is 16.6. The van der Waals surface area contributed by atoms with Gasteiger partial charge in [-0.1, -0.05) is 25.1 Å². The highest BCUT2D eigenvalue weighted by molar-refractivity contribution is 7.04. The number of carbonyl (C=O) groups is 1. The van der Waals surface area contributed by atoms with Crippen LogP contribution in [0.25, 0.3) is 11.0 Å². The van der Waals surface area contributed by atoms with Crippen LogP contribution < -0.4 is 16.6 Å². The van der Waals surface area contributed by atoms with Gasteiger partial charge in [0, 0.05) is 17.1 Å². The van der Waals surface area contributed by atoms with Crippen molar-refractivity contribution in [1.29, 1.82) is 0 Å². The van der Waals surface area contributed by atoms with Crippen LogP contribution in [0.15, 0.2) is 33.2 Å². The molecule has 142 valence electrons. The minimum atomic E-state index is -0.502. The van der Waals surface area contributed by atoms with E-state index in [4.69, 9.17) is 0 Å². The Kier molecular flexibility index (Phi) is 5.27. The maximum atomic E-state index is 12.8. The van der Waals surface area contributed by atoms with E-state index in [1.807, 2.05) is 32.0 Å². The summed E-state index contributed by atoms with van der Waals surface area (Å²) in [6, 6.07) is 5.52. The normalized spacial score (nSPS) is 11.3. The minimum Gasteiger partial charge on any atom is -0.324 e. The Hall–Kier alpha value is -2.74. The molecular weight excluding hydrogens is 364 g/mol. The van der Waals surface area contributed by atoms with Crippen molar-refractivity contribution in [2.45, 2.75) is 46.7 Å². The summed E-state index contributed by atoms with van der Waals surface area (Å²) in [5.41, 5.74) is 2.45. The molecule has 0 radical (unpaired) electrons. The van der Waals surface area contributed by atoms with Crippen molar-refractivity contribution in [2.75, 3.05) is 5.32 Å². The van der Waals surface area contributed by atoms with Crippen molar-refractivity contribution < 1.29 is 4.79 Å². The SMILES string of the molecule is CCc1cccc(C)c1NC(=O)Cn1c(=O)n(C(C)C)c(=O)c2nscc21. The Balaban J connectivity index is 2.03. The van der Waals surface area contributed by atoms with E-state index in [9.17, 15) is 14.4 Å². The third-order valence-electron chi connectivity index (χ3n) is 4.52. The zero-order valence-electron chi connectivity index (χ0n) is 15.8. The van der Waals surface area contributed by atoms with Crippen LogP contribution in [0.2, 0.25) is 0 Å². The van der Waals surface area contributed by atoms with Gasteiger partial charge in [0.25, 0.3) is 5.56 Å². The lowest BCUT2D eigenvalue weighted by Gasteiger charge is -2.16. The Morgan fingerprint density at radius 1 is 1.30 bits per heavy atom. The van der Waals surface area contributed by atoms with Crippen LogP contribution in [0.3, 0.4) is 0 Å². The number of anilines is 1. The fourth-order valence-electron chi connectivity index (χ4n) is 3.14. The van der Waals surface area contributed by atoms with Gasteiger partial charge >= 0.3 is 5.69 Å². The molecule has 0 fully saturated rings. The van der Waals surface area contributed by atoms with E-state index in [1.165, 1.54) is 4.57 Å². The van der Waals surface area contributed by atoms with Crippen LogP contribution in [-0.2, 0) is 17.8 Å². The van der Waals surface area contributed by atoms with Crippen molar-refractivity contribution in [3.63, 3.8) is 0 Å². The van der Waals surface area contributed by atoms with Gasteiger partial charge in [0.15, 0.2) is 5.52 Å². The Bertz CT molecular complexity index is 1120. The molecule has 0 atom stereocenters. The maximum Gasteiger partial charge on any atom is 0.332 e. The molecule has 27 heavy (non-hydrogen) atoms. The van der Waals surface area contributed by atoms with Crippen molar-refractivity contribution in [2.24, 2.45) is 0 Å². The molecule has 0 aliphatic carbocycles. The molecule has 3 aromatic rings. The zero-order chi connectivity index (χ0) is 19.7. The van der Waals surface area contributed by atoms with E-state index in [1.54, 1.807) is 19.2 Å². The van der Waals surface area contributed by atoms with E-state index in [0.717, 1.165) is 39.3 Å². The van der Waals surface area contributed by atoms with Gasteiger partial charge in [0.2, 0.25) is 5.91 Å². The molecule has 7 nitrogen and oxygen atoms in total. The van der Waals surface area contributed by atoms with Crippen LogP contribution in [0.1, 0.15) is 37.9 Å². The summed E-state index contributed by atoms with van der Waals surface area (Å²) >= 11 is 1.10. The number of aryl methyl sites for hydroxylation is 2. The summed E-state index contributed by atoms with van der Waals surface area (Å²) < 4.78 is 6.57. The molecule has 2 aromatic heterocycles. The second kappa shape index (κ2) is 7.48. The van der Waals surface area contributed by atoms with Gasteiger partial charge in [-0.15, -0.1) is 0 Å². The Morgan fingerprint density at radius 3 is 2.70 bits per heavy atom. The summed E-state index contributed by atoms with van der Waals surface area (Å²) in [6.45, 7) is 7.28. The highest BCUT2D eigenvalue weighted by atomic mass is 32.1. The molecule has 1 aromatic carbocycles. The van der Waals surface area contributed by atoms with Crippen molar-refractivity contribution >= 4 is 34.2 Å². The first-order valence-electron chi connectivity index (χ1n) is 8.82. The predicted molar refractivity (Wildman–Crippen MR) is 108 cm³/mol. The van der Waals surface area contributed by atoms with Gasteiger partial charge in [-0.25, -0.2) is 4.79 Å². The monoisotopic (exact) mass is 386 g/mol. The number of aromatic nitrogens is 3. The quantitative estimate of drug-likeness (QED) is 0.730. The number of hydrogen-bond donors (Lipinski definition) is 1. The average Bonchev–Trinajstić information content (AvgIpc) is 3.10. The number of para-hydroxylation sites is 1. The summed E-state index contributed by atoms with van der Waals surface area (Å²) in [6.07, 6.45) is 0.786.